The first-order chi connectivity index (χ1) is 35.0. The standard InChI is InChI=1S/C40H46O.C31H46/c1-30(2)7-6-8-31(3)27-28-41-39-25-23-38(24-26-39)40-29-36(18-17-34-13-9-32(4)10-14-34)20-22-37(40)21-19-35-15-11-33(5)12-16-35;1-5-7-9-11-13-15-21-31(22-16-14-12-10-8-6-2)29-23-25(3)17-19-27(29)28-20-18-26(4)24-30(28)31/h9-26,29-31H,6-8,27-28H2,1-5H3;17-20,23-24H,5-16,21-22H2,1-4H3. The molecule has 1 aliphatic carbocycles. The van der Waals surface area contributed by atoms with Crippen LogP contribution in [0.2, 0.25) is 0 Å². The normalized spacial score (nSPS) is 13.1. The number of fused-ring (bicyclic) bond motifs is 3. The Kier molecular flexibility index (Phi) is 22.8. The van der Waals surface area contributed by atoms with Crippen molar-refractivity contribution in [2.75, 3.05) is 6.61 Å². The SMILES string of the molecule is CCCCCCCCC1(CCCCCCCC)c2cc(C)ccc2-c2ccc(C)cc21.Cc1ccc(C=Cc2ccc(C=Cc3ccc(C)cc3)c(-c3ccc(OCCC(C)CCCC(C)C)cc3)c2)cc1. The molecule has 7 rings (SSSR count). The summed E-state index contributed by atoms with van der Waals surface area (Å²) in [5, 5.41) is 0. The summed E-state index contributed by atoms with van der Waals surface area (Å²) in [6.45, 7) is 21.1. The fraction of sp³-hybridized carbons (Fsp3) is 0.437. The maximum Gasteiger partial charge on any atom is 0.119 e. The van der Waals surface area contributed by atoms with E-state index in [0.29, 0.717) is 5.92 Å². The maximum atomic E-state index is 6.13. The van der Waals surface area contributed by atoms with Gasteiger partial charge in [0.15, 0.2) is 0 Å². The van der Waals surface area contributed by atoms with Crippen LogP contribution in [-0.4, -0.2) is 6.61 Å². The minimum Gasteiger partial charge on any atom is -0.494 e. The van der Waals surface area contributed by atoms with Gasteiger partial charge in [-0.25, -0.2) is 0 Å². The minimum absolute atomic E-state index is 0.234. The Morgan fingerprint density at radius 3 is 1.42 bits per heavy atom. The highest BCUT2D eigenvalue weighted by molar-refractivity contribution is 5.84. The van der Waals surface area contributed by atoms with Gasteiger partial charge in [0.25, 0.3) is 0 Å². The van der Waals surface area contributed by atoms with Gasteiger partial charge in [0, 0.05) is 5.41 Å². The summed E-state index contributed by atoms with van der Waals surface area (Å²) >= 11 is 0. The predicted octanol–water partition coefficient (Wildman–Crippen LogP) is 21.6. The van der Waals surface area contributed by atoms with Crippen molar-refractivity contribution in [1.82, 2.24) is 0 Å². The summed E-state index contributed by atoms with van der Waals surface area (Å²) in [5.41, 5.74) is 19.1. The lowest BCUT2D eigenvalue weighted by molar-refractivity contribution is 0.276. The average Bonchev–Trinajstić information content (AvgIpc) is 3.63. The zero-order chi connectivity index (χ0) is 51.1. The van der Waals surface area contributed by atoms with Gasteiger partial charge >= 0.3 is 0 Å². The van der Waals surface area contributed by atoms with Crippen LogP contribution in [0.4, 0.5) is 0 Å². The molecule has 1 unspecified atom stereocenters. The van der Waals surface area contributed by atoms with E-state index in [1.165, 1.54) is 176 Å². The number of unbranched alkanes of at least 4 members (excludes halogenated alkanes) is 10. The van der Waals surface area contributed by atoms with Crippen molar-refractivity contribution in [3.05, 3.63) is 183 Å². The molecule has 1 atom stereocenters. The molecule has 382 valence electrons. The molecule has 6 aromatic rings. The van der Waals surface area contributed by atoms with E-state index in [2.05, 4.69) is 214 Å². The molecule has 1 nitrogen and oxygen atoms in total. The summed E-state index contributed by atoms with van der Waals surface area (Å²) < 4.78 is 6.13. The lowest BCUT2D eigenvalue weighted by atomic mass is 9.70. The molecule has 0 heterocycles. The zero-order valence-electron chi connectivity index (χ0n) is 46.4. The number of hydrogen-bond donors (Lipinski definition) is 0. The van der Waals surface area contributed by atoms with Gasteiger partial charge in [-0.15, -0.1) is 0 Å². The largest absolute Gasteiger partial charge is 0.494 e. The van der Waals surface area contributed by atoms with Crippen molar-refractivity contribution in [2.45, 2.75) is 183 Å². The number of ether oxygens (including phenoxy) is 1. The van der Waals surface area contributed by atoms with Crippen LogP contribution in [0, 0.1) is 39.5 Å². The highest BCUT2D eigenvalue weighted by Gasteiger charge is 2.42. The van der Waals surface area contributed by atoms with Crippen LogP contribution >= 0.6 is 0 Å². The Labute approximate surface area is 439 Å². The highest BCUT2D eigenvalue weighted by atomic mass is 16.5. The Hall–Kier alpha value is -5.40. The first kappa shape index (κ1) is 55.9. The van der Waals surface area contributed by atoms with Crippen LogP contribution in [0.1, 0.15) is 206 Å². The second-order valence-corrected chi connectivity index (χ2v) is 22.1. The molecular weight excluding hydrogens is 869 g/mol. The van der Waals surface area contributed by atoms with E-state index in [-0.39, 0.29) is 5.41 Å². The van der Waals surface area contributed by atoms with Crippen molar-refractivity contribution in [2.24, 2.45) is 11.8 Å². The van der Waals surface area contributed by atoms with Crippen LogP contribution in [0.5, 0.6) is 5.75 Å². The molecule has 0 N–H and O–H groups in total. The van der Waals surface area contributed by atoms with Gasteiger partial charge in [-0.3, -0.25) is 0 Å². The third-order valence-corrected chi connectivity index (χ3v) is 15.3. The van der Waals surface area contributed by atoms with Crippen molar-refractivity contribution in [3.63, 3.8) is 0 Å². The summed E-state index contributed by atoms with van der Waals surface area (Å²) in [6.07, 6.45) is 33.0. The second-order valence-electron chi connectivity index (χ2n) is 22.1. The van der Waals surface area contributed by atoms with E-state index in [1.807, 2.05) is 0 Å². The fourth-order valence-corrected chi connectivity index (χ4v) is 10.7. The van der Waals surface area contributed by atoms with Crippen molar-refractivity contribution in [3.8, 4) is 28.0 Å². The quantitative estimate of drug-likeness (QED) is 0.0369. The smallest absolute Gasteiger partial charge is 0.119 e. The minimum atomic E-state index is 0.234. The third-order valence-electron chi connectivity index (χ3n) is 15.3. The fourth-order valence-electron chi connectivity index (χ4n) is 10.7. The van der Waals surface area contributed by atoms with Crippen LogP contribution in [0.3, 0.4) is 0 Å². The molecule has 0 spiro atoms. The number of hydrogen-bond acceptors (Lipinski definition) is 1. The highest BCUT2D eigenvalue weighted by Crippen LogP contribution is 2.54. The van der Waals surface area contributed by atoms with E-state index >= 15 is 0 Å². The van der Waals surface area contributed by atoms with Gasteiger partial charge in [0.2, 0.25) is 0 Å². The van der Waals surface area contributed by atoms with E-state index in [9.17, 15) is 0 Å². The molecule has 1 aliphatic rings. The predicted molar refractivity (Wildman–Crippen MR) is 318 cm³/mol. The van der Waals surface area contributed by atoms with Crippen LogP contribution in [0.25, 0.3) is 46.6 Å². The molecule has 1 heteroatoms. The van der Waals surface area contributed by atoms with E-state index in [4.69, 9.17) is 4.74 Å². The molecule has 0 saturated carbocycles. The van der Waals surface area contributed by atoms with Crippen molar-refractivity contribution in [1.29, 1.82) is 0 Å². The summed E-state index contributed by atoms with van der Waals surface area (Å²) in [6, 6.07) is 47.1. The van der Waals surface area contributed by atoms with Crippen molar-refractivity contribution < 1.29 is 4.74 Å². The first-order valence-electron chi connectivity index (χ1n) is 28.6. The molecule has 0 bridgehead atoms. The van der Waals surface area contributed by atoms with Gasteiger partial charge in [0.1, 0.15) is 5.75 Å². The third kappa shape index (κ3) is 17.1. The number of aryl methyl sites for hydroxylation is 4. The first-order valence-corrected chi connectivity index (χ1v) is 28.6. The topological polar surface area (TPSA) is 9.23 Å². The van der Waals surface area contributed by atoms with E-state index in [0.717, 1.165) is 24.7 Å². The van der Waals surface area contributed by atoms with E-state index in [1.54, 1.807) is 11.1 Å². The molecule has 0 radical (unpaired) electrons. The summed E-state index contributed by atoms with van der Waals surface area (Å²) in [5.74, 6) is 2.43. The molecular formula is C71H92O. The Balaban J connectivity index is 0.000000245. The number of benzene rings is 6. The average molecular weight is 962 g/mol. The lowest BCUT2D eigenvalue weighted by Gasteiger charge is -2.33. The lowest BCUT2D eigenvalue weighted by Crippen LogP contribution is -2.25. The number of rotatable bonds is 27. The van der Waals surface area contributed by atoms with Gasteiger partial charge in [0.05, 0.1) is 6.61 Å². The molecule has 0 aromatic heterocycles. The van der Waals surface area contributed by atoms with Crippen molar-refractivity contribution >= 4 is 24.3 Å². The molecule has 0 aliphatic heterocycles. The van der Waals surface area contributed by atoms with Gasteiger partial charge in [-0.2, -0.15) is 0 Å². The molecule has 0 amide bonds. The summed E-state index contributed by atoms with van der Waals surface area (Å²) in [7, 11) is 0. The Bertz CT molecular complexity index is 2500. The van der Waals surface area contributed by atoms with Gasteiger partial charge in [-0.05, 0) is 133 Å². The van der Waals surface area contributed by atoms with Crippen LogP contribution < -0.4 is 4.74 Å². The molecule has 0 saturated heterocycles. The zero-order valence-corrected chi connectivity index (χ0v) is 46.4. The van der Waals surface area contributed by atoms with Gasteiger partial charge in [-0.1, -0.05) is 287 Å². The van der Waals surface area contributed by atoms with E-state index < -0.39 is 0 Å². The Morgan fingerprint density at radius 2 is 0.889 bits per heavy atom. The monoisotopic (exact) mass is 961 g/mol. The molecule has 72 heavy (non-hydrogen) atoms. The molecule has 0 fully saturated rings. The van der Waals surface area contributed by atoms with Gasteiger partial charge < -0.3 is 4.74 Å². The molecule has 6 aromatic carbocycles. The van der Waals surface area contributed by atoms with Crippen LogP contribution in [0.15, 0.2) is 127 Å². The van der Waals surface area contributed by atoms with Crippen LogP contribution in [-0.2, 0) is 5.41 Å². The Morgan fingerprint density at radius 1 is 0.417 bits per heavy atom. The maximum absolute atomic E-state index is 6.13. The summed E-state index contributed by atoms with van der Waals surface area (Å²) in [4.78, 5) is 0. The second kappa shape index (κ2) is 29.3.